The molecule has 0 radical (unpaired) electrons. The molecule has 0 unspecified atom stereocenters. The average Bonchev–Trinajstić information content (AvgIpc) is 2.13. The van der Waals surface area contributed by atoms with E-state index < -0.39 is 0 Å². The molecule has 0 saturated carbocycles. The monoisotopic (exact) mass is 144 g/mol. The highest BCUT2D eigenvalue weighted by Crippen LogP contribution is 2.14. The van der Waals surface area contributed by atoms with E-state index in [0.29, 0.717) is 19.4 Å². The zero-order valence-corrected chi connectivity index (χ0v) is 5.75. The zero-order valence-electron chi connectivity index (χ0n) is 5.75. The molecule has 1 rings (SSSR count). The van der Waals surface area contributed by atoms with Gasteiger partial charge in [0.05, 0.1) is 12.5 Å². The van der Waals surface area contributed by atoms with Gasteiger partial charge in [-0.1, -0.05) is 0 Å². The second-order valence-corrected chi connectivity index (χ2v) is 2.47. The van der Waals surface area contributed by atoms with Gasteiger partial charge in [0.2, 0.25) is 0 Å². The van der Waals surface area contributed by atoms with Crippen LogP contribution in [0.3, 0.4) is 0 Å². The Morgan fingerprint density at radius 1 is 1.70 bits per heavy atom. The van der Waals surface area contributed by atoms with E-state index in [1.54, 1.807) is 0 Å². The van der Waals surface area contributed by atoms with Crippen molar-refractivity contribution in [1.29, 1.82) is 0 Å². The third kappa shape index (κ3) is 1.46. The summed E-state index contributed by atoms with van der Waals surface area (Å²) in [6.45, 7) is 0.519. The molecule has 0 spiro atoms. The van der Waals surface area contributed by atoms with Crippen molar-refractivity contribution in [3.05, 3.63) is 0 Å². The van der Waals surface area contributed by atoms with Gasteiger partial charge in [0.15, 0.2) is 0 Å². The molecule has 58 valence electrons. The molecule has 1 fully saturated rings. The lowest BCUT2D eigenvalue weighted by Gasteiger charge is -2.10. The van der Waals surface area contributed by atoms with Gasteiger partial charge < -0.3 is 16.2 Å². The first-order valence-electron chi connectivity index (χ1n) is 3.39. The number of hydrogen-bond donors (Lipinski definition) is 2. The second kappa shape index (κ2) is 2.98. The number of cyclic esters (lactones) is 1. The fourth-order valence-electron chi connectivity index (χ4n) is 1.07. The van der Waals surface area contributed by atoms with Crippen LogP contribution in [0.1, 0.15) is 12.8 Å². The van der Waals surface area contributed by atoms with Crippen LogP contribution >= 0.6 is 0 Å². The minimum absolute atomic E-state index is 0.141. The maximum absolute atomic E-state index is 10.6. The smallest absolute Gasteiger partial charge is 0.307 e. The molecule has 0 bridgehead atoms. The summed E-state index contributed by atoms with van der Waals surface area (Å²) in [5.41, 5.74) is 10.8. The van der Waals surface area contributed by atoms with Crippen LogP contribution in [0.15, 0.2) is 0 Å². The lowest BCUT2D eigenvalue weighted by Crippen LogP contribution is -2.31. The largest absolute Gasteiger partial charge is 0.461 e. The molecule has 1 saturated heterocycles. The first-order valence-corrected chi connectivity index (χ1v) is 3.39. The van der Waals surface area contributed by atoms with Crippen molar-refractivity contribution >= 4 is 5.97 Å². The molecule has 10 heavy (non-hydrogen) atoms. The molecule has 0 aromatic carbocycles. The van der Waals surface area contributed by atoms with Gasteiger partial charge in [-0.15, -0.1) is 0 Å². The van der Waals surface area contributed by atoms with Gasteiger partial charge in [0.25, 0.3) is 0 Å². The zero-order chi connectivity index (χ0) is 7.56. The lowest BCUT2D eigenvalue weighted by atomic mass is 10.1. The highest BCUT2D eigenvalue weighted by atomic mass is 16.6. The van der Waals surface area contributed by atoms with E-state index in [2.05, 4.69) is 0 Å². The van der Waals surface area contributed by atoms with Gasteiger partial charge in [-0.05, 0) is 13.0 Å². The number of ether oxygens (including phenoxy) is 1. The Hall–Kier alpha value is -0.610. The minimum atomic E-state index is -0.203. The summed E-state index contributed by atoms with van der Waals surface area (Å²) in [7, 11) is 0. The second-order valence-electron chi connectivity index (χ2n) is 2.47. The topological polar surface area (TPSA) is 78.3 Å². The van der Waals surface area contributed by atoms with E-state index in [4.69, 9.17) is 16.2 Å². The Bertz CT molecular complexity index is 138. The summed E-state index contributed by atoms with van der Waals surface area (Å²) in [6, 6.07) is -0.143. The Morgan fingerprint density at radius 2 is 2.40 bits per heavy atom. The molecule has 0 aromatic heterocycles. The van der Waals surface area contributed by atoms with Crippen molar-refractivity contribution in [2.75, 3.05) is 6.54 Å². The average molecular weight is 144 g/mol. The summed E-state index contributed by atoms with van der Waals surface area (Å²) in [4.78, 5) is 10.6. The Balaban J connectivity index is 2.38. The molecule has 1 heterocycles. The predicted molar refractivity (Wildman–Crippen MR) is 36.1 cm³/mol. The van der Waals surface area contributed by atoms with Crippen LogP contribution < -0.4 is 11.5 Å². The van der Waals surface area contributed by atoms with Crippen molar-refractivity contribution in [2.45, 2.75) is 25.0 Å². The predicted octanol–water partition coefficient (Wildman–Crippen LogP) is -1.02. The van der Waals surface area contributed by atoms with Crippen molar-refractivity contribution in [3.63, 3.8) is 0 Å². The van der Waals surface area contributed by atoms with Gasteiger partial charge in [-0.2, -0.15) is 0 Å². The normalized spacial score (nSPS) is 32.4. The third-order valence-electron chi connectivity index (χ3n) is 1.61. The van der Waals surface area contributed by atoms with Gasteiger partial charge in [-0.25, -0.2) is 0 Å². The number of rotatable bonds is 2. The van der Waals surface area contributed by atoms with Gasteiger partial charge in [-0.3, -0.25) is 4.79 Å². The van der Waals surface area contributed by atoms with E-state index in [0.717, 1.165) is 0 Å². The van der Waals surface area contributed by atoms with E-state index in [-0.39, 0.29) is 18.1 Å². The Kier molecular flexibility index (Phi) is 2.24. The van der Waals surface area contributed by atoms with E-state index in [9.17, 15) is 4.79 Å². The van der Waals surface area contributed by atoms with Crippen LogP contribution in [-0.4, -0.2) is 24.7 Å². The van der Waals surface area contributed by atoms with E-state index in [1.165, 1.54) is 0 Å². The standard InChI is InChI=1S/C6H12N2O2/c7-2-1-5-4(8)3-6(9)10-5/h4-5H,1-3,7-8H2/t4-,5-/m1/s1. The van der Waals surface area contributed by atoms with Crippen LogP contribution in [0.5, 0.6) is 0 Å². The quantitative estimate of drug-likeness (QED) is 0.486. The first-order chi connectivity index (χ1) is 4.74. The molecule has 1 aliphatic heterocycles. The van der Waals surface area contributed by atoms with Crippen molar-refractivity contribution in [2.24, 2.45) is 11.5 Å². The summed E-state index contributed by atoms with van der Waals surface area (Å²) < 4.78 is 4.87. The molecule has 4 heteroatoms. The fourth-order valence-corrected chi connectivity index (χ4v) is 1.07. The number of esters is 1. The molecule has 0 amide bonds. The number of nitrogens with two attached hydrogens (primary N) is 2. The van der Waals surface area contributed by atoms with Crippen LogP contribution in [-0.2, 0) is 9.53 Å². The van der Waals surface area contributed by atoms with Crippen LogP contribution in [0, 0.1) is 0 Å². The molecule has 4 N–H and O–H groups in total. The third-order valence-corrected chi connectivity index (χ3v) is 1.61. The lowest BCUT2D eigenvalue weighted by molar-refractivity contribution is -0.141. The highest BCUT2D eigenvalue weighted by molar-refractivity contribution is 5.72. The van der Waals surface area contributed by atoms with Crippen LogP contribution in [0.2, 0.25) is 0 Å². The summed E-state index contributed by atoms with van der Waals surface area (Å²) in [5.74, 6) is -0.203. The van der Waals surface area contributed by atoms with Crippen LogP contribution in [0.4, 0.5) is 0 Å². The minimum Gasteiger partial charge on any atom is -0.461 e. The Labute approximate surface area is 59.5 Å². The van der Waals surface area contributed by atoms with Crippen molar-refractivity contribution in [3.8, 4) is 0 Å². The van der Waals surface area contributed by atoms with Crippen LogP contribution in [0.25, 0.3) is 0 Å². The highest BCUT2D eigenvalue weighted by Gasteiger charge is 2.30. The van der Waals surface area contributed by atoms with E-state index in [1.807, 2.05) is 0 Å². The number of carbonyl (C=O) groups excluding carboxylic acids is 1. The molecule has 2 atom stereocenters. The molecule has 1 aliphatic rings. The van der Waals surface area contributed by atoms with Gasteiger partial charge in [0, 0.05) is 0 Å². The molecule has 0 aromatic rings. The maximum Gasteiger partial charge on any atom is 0.307 e. The molecular formula is C6H12N2O2. The maximum atomic E-state index is 10.6. The van der Waals surface area contributed by atoms with Gasteiger partial charge >= 0.3 is 5.97 Å². The SMILES string of the molecule is NCC[C@H]1OC(=O)C[C@H]1N. The fraction of sp³-hybridized carbons (Fsp3) is 0.833. The summed E-state index contributed by atoms with van der Waals surface area (Å²) in [5, 5.41) is 0. The first kappa shape index (κ1) is 7.50. The number of carbonyl (C=O) groups is 1. The van der Waals surface area contributed by atoms with Gasteiger partial charge in [0.1, 0.15) is 6.10 Å². The van der Waals surface area contributed by atoms with Crippen molar-refractivity contribution < 1.29 is 9.53 Å². The molecular weight excluding hydrogens is 132 g/mol. The molecule has 4 nitrogen and oxygen atoms in total. The molecule has 0 aliphatic carbocycles. The Morgan fingerprint density at radius 3 is 2.80 bits per heavy atom. The summed E-state index contributed by atoms with van der Waals surface area (Å²) in [6.07, 6.45) is 0.870. The van der Waals surface area contributed by atoms with Crippen molar-refractivity contribution in [1.82, 2.24) is 0 Å². The summed E-state index contributed by atoms with van der Waals surface area (Å²) >= 11 is 0. The number of hydrogen-bond acceptors (Lipinski definition) is 4. The van der Waals surface area contributed by atoms with E-state index >= 15 is 0 Å².